The zero-order valence-electron chi connectivity index (χ0n) is 13.1. The number of hydrogen-bond donors (Lipinski definition) is 3. The average Bonchev–Trinajstić information content (AvgIpc) is 2.53. The molecule has 1 amide bonds. The van der Waals surface area contributed by atoms with Crippen molar-refractivity contribution in [2.75, 3.05) is 0 Å². The van der Waals surface area contributed by atoms with E-state index in [1.165, 1.54) is 12.1 Å². The molecule has 0 unspecified atom stereocenters. The topological polar surface area (TPSA) is 86.6 Å². The van der Waals surface area contributed by atoms with Crippen molar-refractivity contribution in [1.82, 2.24) is 5.32 Å². The van der Waals surface area contributed by atoms with Crippen molar-refractivity contribution < 1.29 is 19.8 Å². The molecule has 0 fully saturated rings. The summed E-state index contributed by atoms with van der Waals surface area (Å²) in [5.41, 5.74) is 1.41. The predicted octanol–water partition coefficient (Wildman–Crippen LogP) is 3.21. The van der Waals surface area contributed by atoms with E-state index in [0.717, 1.165) is 12.8 Å². The molecule has 126 valence electrons. The van der Waals surface area contributed by atoms with Crippen LogP contribution in [0.2, 0.25) is 5.02 Å². The van der Waals surface area contributed by atoms with E-state index >= 15 is 0 Å². The fourth-order valence-corrected chi connectivity index (χ4v) is 2.67. The Balaban J connectivity index is 1.90. The van der Waals surface area contributed by atoms with Gasteiger partial charge in [0.05, 0.1) is 10.6 Å². The van der Waals surface area contributed by atoms with Crippen LogP contribution in [0.5, 0.6) is 5.75 Å². The first-order valence-corrected chi connectivity index (χ1v) is 8.07. The summed E-state index contributed by atoms with van der Waals surface area (Å²) in [4.78, 5) is 23.1. The number of carboxylic acid groups (broad SMARTS) is 1. The Morgan fingerprint density at radius 1 is 1.25 bits per heavy atom. The summed E-state index contributed by atoms with van der Waals surface area (Å²) >= 11 is 5.94. The highest BCUT2D eigenvalue weighted by Crippen LogP contribution is 2.23. The smallest absolute Gasteiger partial charge is 0.333 e. The lowest BCUT2D eigenvalue weighted by Crippen LogP contribution is -2.26. The third-order valence-corrected chi connectivity index (χ3v) is 3.98. The number of aromatic hydroxyl groups is 1. The van der Waals surface area contributed by atoms with Gasteiger partial charge in [0.1, 0.15) is 5.75 Å². The number of phenolic OH excluding ortho intramolecular Hbond substituents is 1. The summed E-state index contributed by atoms with van der Waals surface area (Å²) in [5, 5.41) is 21.5. The van der Waals surface area contributed by atoms with Crippen LogP contribution in [-0.2, 0) is 9.59 Å². The molecular formula is C18H18ClNO4. The first kappa shape index (κ1) is 17.9. The second kappa shape index (κ2) is 8.42. The number of nitrogens with one attached hydrogen (secondary N) is 1. The van der Waals surface area contributed by atoms with Gasteiger partial charge in [0, 0.05) is 24.1 Å². The van der Waals surface area contributed by atoms with Gasteiger partial charge in [-0.1, -0.05) is 23.4 Å². The normalized spacial score (nSPS) is 13.9. The molecule has 0 atom stereocenters. The van der Waals surface area contributed by atoms with Crippen molar-refractivity contribution >= 4 is 23.5 Å². The highest BCUT2D eigenvalue weighted by atomic mass is 35.5. The number of phenols is 1. The minimum Gasteiger partial charge on any atom is -0.508 e. The first-order valence-electron chi connectivity index (χ1n) is 7.70. The molecule has 0 spiro atoms. The molecule has 24 heavy (non-hydrogen) atoms. The fourth-order valence-electron chi connectivity index (χ4n) is 2.45. The molecule has 5 nitrogen and oxygen atoms in total. The maximum Gasteiger partial charge on any atom is 0.333 e. The molecule has 2 rings (SSSR count). The third kappa shape index (κ3) is 5.04. The summed E-state index contributed by atoms with van der Waals surface area (Å²) in [6, 6.07) is 4.50. The van der Waals surface area contributed by atoms with Crippen molar-refractivity contribution in [3.05, 3.63) is 40.1 Å². The lowest BCUT2D eigenvalue weighted by atomic mass is 9.96. The molecule has 0 radical (unpaired) electrons. The summed E-state index contributed by atoms with van der Waals surface area (Å²) in [6.07, 6.45) is 3.30. The van der Waals surface area contributed by atoms with Crippen LogP contribution in [0.15, 0.2) is 29.5 Å². The Kier molecular flexibility index (Phi) is 6.28. The second-order valence-electron chi connectivity index (χ2n) is 5.48. The number of benzene rings is 1. The number of carbonyl (C=O) groups is 2. The number of halogens is 1. The lowest BCUT2D eigenvalue weighted by molar-refractivity contribution is -0.133. The Bertz CT molecular complexity index is 743. The molecule has 1 aromatic carbocycles. The standard InChI is InChI=1S/C18H18ClNO4/c19-15-11-13(21)10-9-12(15)5-1-4-8-17(22)20-16-7-3-2-6-14(16)18(23)24/h9-11,21H,2-4,6-8H2,(H,20,22)(H,23,24). The van der Waals surface area contributed by atoms with Crippen molar-refractivity contribution in [2.45, 2.75) is 38.5 Å². The van der Waals surface area contributed by atoms with Crippen LogP contribution in [-0.4, -0.2) is 22.1 Å². The molecule has 0 saturated heterocycles. The zero-order valence-corrected chi connectivity index (χ0v) is 13.8. The molecule has 1 aliphatic carbocycles. The second-order valence-corrected chi connectivity index (χ2v) is 5.89. The highest BCUT2D eigenvalue weighted by molar-refractivity contribution is 6.31. The molecule has 0 aromatic heterocycles. The van der Waals surface area contributed by atoms with Gasteiger partial charge >= 0.3 is 5.97 Å². The Morgan fingerprint density at radius 2 is 2.00 bits per heavy atom. The van der Waals surface area contributed by atoms with Crippen molar-refractivity contribution in [1.29, 1.82) is 0 Å². The Hall–Kier alpha value is -2.45. The molecule has 0 heterocycles. The molecule has 6 heteroatoms. The summed E-state index contributed by atoms with van der Waals surface area (Å²) < 4.78 is 0. The molecule has 1 aliphatic rings. The maximum absolute atomic E-state index is 11.9. The zero-order chi connectivity index (χ0) is 17.5. The van der Waals surface area contributed by atoms with E-state index in [1.807, 2.05) is 0 Å². The van der Waals surface area contributed by atoms with Crippen molar-refractivity contribution in [3.8, 4) is 17.6 Å². The number of carboxylic acids is 1. The van der Waals surface area contributed by atoms with E-state index in [-0.39, 0.29) is 18.1 Å². The van der Waals surface area contributed by atoms with Gasteiger partial charge in [0.15, 0.2) is 0 Å². The predicted molar refractivity (Wildman–Crippen MR) is 90.5 cm³/mol. The summed E-state index contributed by atoms with van der Waals surface area (Å²) in [7, 11) is 0. The minimum absolute atomic E-state index is 0.0694. The summed E-state index contributed by atoms with van der Waals surface area (Å²) in [5.74, 6) is 4.57. The van der Waals surface area contributed by atoms with Gasteiger partial charge in [0.25, 0.3) is 0 Å². The molecule has 1 aromatic rings. The van der Waals surface area contributed by atoms with Gasteiger partial charge in [-0.2, -0.15) is 0 Å². The van der Waals surface area contributed by atoms with Crippen LogP contribution in [0.3, 0.4) is 0 Å². The van der Waals surface area contributed by atoms with E-state index in [4.69, 9.17) is 16.7 Å². The quantitative estimate of drug-likeness (QED) is 0.730. The number of allylic oxidation sites excluding steroid dienone is 1. The van der Waals surface area contributed by atoms with Crippen molar-refractivity contribution in [3.63, 3.8) is 0 Å². The van der Waals surface area contributed by atoms with Gasteiger partial charge in [-0.15, -0.1) is 0 Å². The van der Waals surface area contributed by atoms with Crippen LogP contribution in [0.25, 0.3) is 0 Å². The van der Waals surface area contributed by atoms with Crippen molar-refractivity contribution in [2.24, 2.45) is 0 Å². The van der Waals surface area contributed by atoms with Crippen LogP contribution in [0.4, 0.5) is 0 Å². The van der Waals surface area contributed by atoms with Gasteiger partial charge in [-0.25, -0.2) is 4.79 Å². The molecule has 0 saturated carbocycles. The first-order chi connectivity index (χ1) is 11.5. The van der Waals surface area contributed by atoms with E-state index in [2.05, 4.69) is 17.2 Å². The number of rotatable bonds is 4. The largest absolute Gasteiger partial charge is 0.508 e. The average molecular weight is 348 g/mol. The monoisotopic (exact) mass is 347 g/mol. The van der Waals surface area contributed by atoms with E-state index in [1.54, 1.807) is 6.07 Å². The fraction of sp³-hybridized carbons (Fsp3) is 0.333. The van der Waals surface area contributed by atoms with E-state index in [0.29, 0.717) is 41.1 Å². The lowest BCUT2D eigenvalue weighted by Gasteiger charge is -2.18. The molecular weight excluding hydrogens is 330 g/mol. The van der Waals surface area contributed by atoms with Gasteiger partial charge in [-0.3, -0.25) is 4.79 Å². The van der Waals surface area contributed by atoms with Gasteiger partial charge in [0.2, 0.25) is 5.91 Å². The van der Waals surface area contributed by atoms with Crippen LogP contribution >= 0.6 is 11.6 Å². The Morgan fingerprint density at radius 3 is 2.71 bits per heavy atom. The summed E-state index contributed by atoms with van der Waals surface area (Å²) in [6.45, 7) is 0. The third-order valence-electron chi connectivity index (χ3n) is 3.67. The number of carbonyl (C=O) groups excluding carboxylic acids is 1. The van der Waals surface area contributed by atoms with E-state index in [9.17, 15) is 14.7 Å². The molecule has 3 N–H and O–H groups in total. The van der Waals surface area contributed by atoms with Gasteiger partial charge in [-0.05, 0) is 43.9 Å². The number of aliphatic carboxylic acids is 1. The van der Waals surface area contributed by atoms with Crippen LogP contribution in [0, 0.1) is 11.8 Å². The highest BCUT2D eigenvalue weighted by Gasteiger charge is 2.19. The SMILES string of the molecule is O=C(CCC#Cc1ccc(O)cc1Cl)NC1=C(C(=O)O)CCCC1. The molecule has 0 aliphatic heterocycles. The number of amides is 1. The van der Waals surface area contributed by atoms with Gasteiger partial charge < -0.3 is 15.5 Å². The maximum atomic E-state index is 11.9. The Labute approximate surface area is 145 Å². The van der Waals surface area contributed by atoms with E-state index < -0.39 is 5.97 Å². The van der Waals surface area contributed by atoms with Crippen LogP contribution in [0.1, 0.15) is 44.1 Å². The molecule has 0 bridgehead atoms. The minimum atomic E-state index is -0.966. The van der Waals surface area contributed by atoms with Crippen LogP contribution < -0.4 is 5.32 Å². The number of hydrogen-bond acceptors (Lipinski definition) is 3.